The highest BCUT2D eigenvalue weighted by molar-refractivity contribution is 7.58. The number of carboxylic acid groups (broad SMARTS) is 1. The number of likely N-dealkylation sites (tertiary alicyclic amines) is 1. The van der Waals surface area contributed by atoms with Gasteiger partial charge >= 0.3 is 5.97 Å². The molecule has 26 heavy (non-hydrogen) atoms. The van der Waals surface area contributed by atoms with E-state index in [1.165, 1.54) is 10.5 Å². The molecule has 2 N–H and O–H groups in total. The van der Waals surface area contributed by atoms with Crippen molar-refractivity contribution in [1.82, 2.24) is 4.90 Å². The number of carbonyl (C=O) groups is 2. The maximum Gasteiger partial charge on any atom is 0.326 e. The van der Waals surface area contributed by atoms with Gasteiger partial charge in [0, 0.05) is 24.8 Å². The number of benzene rings is 1. The van der Waals surface area contributed by atoms with Gasteiger partial charge in [-0.3, -0.25) is 9.36 Å². The zero-order chi connectivity index (χ0) is 19.2. The third kappa shape index (κ3) is 5.96. The largest absolute Gasteiger partial charge is 0.480 e. The van der Waals surface area contributed by atoms with Gasteiger partial charge in [0.1, 0.15) is 6.04 Å². The van der Waals surface area contributed by atoms with Gasteiger partial charge in [-0.25, -0.2) is 4.79 Å². The Hall–Kier alpha value is -1.65. The Morgan fingerprint density at radius 1 is 1.27 bits per heavy atom. The van der Waals surface area contributed by atoms with Gasteiger partial charge in [0.2, 0.25) is 13.3 Å². The van der Waals surface area contributed by atoms with Gasteiger partial charge < -0.3 is 14.9 Å². The molecule has 1 saturated heterocycles. The number of rotatable bonds is 9. The Kier molecular flexibility index (Phi) is 7.42. The van der Waals surface area contributed by atoms with Crippen LogP contribution in [0.5, 0.6) is 0 Å². The monoisotopic (exact) mass is 381 g/mol. The number of carbonyl (C=O) groups excluding carboxylic acids is 1. The predicted octanol–water partition coefficient (Wildman–Crippen LogP) is 2.99. The highest BCUT2D eigenvalue weighted by Crippen LogP contribution is 2.44. The van der Waals surface area contributed by atoms with Crippen LogP contribution in [-0.2, 0) is 20.6 Å². The van der Waals surface area contributed by atoms with Crippen LogP contribution in [-0.4, -0.2) is 51.7 Å². The molecule has 2 unspecified atom stereocenters. The maximum atomic E-state index is 12.5. The summed E-state index contributed by atoms with van der Waals surface area (Å²) in [7, 11) is -3.40. The van der Waals surface area contributed by atoms with Gasteiger partial charge in [0.15, 0.2) is 0 Å². The van der Waals surface area contributed by atoms with E-state index in [9.17, 15) is 24.2 Å². The molecule has 0 aliphatic carbocycles. The van der Waals surface area contributed by atoms with Crippen LogP contribution in [0.2, 0.25) is 0 Å². The van der Waals surface area contributed by atoms with Gasteiger partial charge in [0.25, 0.3) is 0 Å². The van der Waals surface area contributed by atoms with Crippen molar-refractivity contribution in [3.63, 3.8) is 0 Å². The maximum absolute atomic E-state index is 12.5. The minimum absolute atomic E-state index is 0.0833. The van der Waals surface area contributed by atoms with Crippen molar-refractivity contribution in [1.29, 1.82) is 0 Å². The second-order valence-electron chi connectivity index (χ2n) is 7.12. The predicted molar refractivity (Wildman–Crippen MR) is 100 cm³/mol. The average molecular weight is 381 g/mol. The van der Waals surface area contributed by atoms with E-state index in [1.54, 1.807) is 6.92 Å². The lowest BCUT2D eigenvalue weighted by Gasteiger charge is -2.26. The molecule has 1 aliphatic heterocycles. The van der Waals surface area contributed by atoms with Crippen LogP contribution in [0.1, 0.15) is 38.2 Å². The lowest BCUT2D eigenvalue weighted by Crippen LogP contribution is -2.43. The van der Waals surface area contributed by atoms with Crippen LogP contribution in [0.15, 0.2) is 30.3 Å². The SMILES string of the molecule is CC(CP(=O)(O)CCCCc1ccccc1)C(=O)N1CCC[C@H]1C(=O)O. The van der Waals surface area contributed by atoms with Crippen molar-refractivity contribution < 1.29 is 24.2 Å². The molecule has 0 radical (unpaired) electrons. The molecule has 1 aromatic carbocycles. The summed E-state index contributed by atoms with van der Waals surface area (Å²) in [4.78, 5) is 35.3. The molecule has 144 valence electrons. The van der Waals surface area contributed by atoms with E-state index >= 15 is 0 Å². The Labute approximate surface area is 154 Å². The third-order valence-electron chi connectivity index (χ3n) is 4.87. The topological polar surface area (TPSA) is 94.9 Å². The van der Waals surface area contributed by atoms with Crippen molar-refractivity contribution in [2.24, 2.45) is 5.92 Å². The Balaban J connectivity index is 1.79. The Morgan fingerprint density at radius 2 is 1.96 bits per heavy atom. The highest BCUT2D eigenvalue weighted by Gasteiger charge is 2.37. The summed E-state index contributed by atoms with van der Waals surface area (Å²) in [5.74, 6) is -1.97. The molecule has 1 heterocycles. The third-order valence-corrected chi connectivity index (χ3v) is 7.00. The number of carboxylic acids is 1. The van der Waals surface area contributed by atoms with Gasteiger partial charge in [-0.15, -0.1) is 0 Å². The summed E-state index contributed by atoms with van der Waals surface area (Å²) in [6.45, 7) is 2.03. The Morgan fingerprint density at radius 3 is 2.62 bits per heavy atom. The minimum atomic E-state index is -3.40. The number of hydrogen-bond donors (Lipinski definition) is 2. The van der Waals surface area contributed by atoms with Crippen LogP contribution < -0.4 is 0 Å². The number of unbranched alkanes of at least 4 members (excludes halogenated alkanes) is 1. The summed E-state index contributed by atoms with van der Waals surface area (Å²) in [6.07, 6.45) is 3.54. The first kappa shape index (κ1) is 20.7. The fraction of sp³-hybridized carbons (Fsp3) is 0.579. The molecule has 7 heteroatoms. The fourth-order valence-electron chi connectivity index (χ4n) is 3.50. The van der Waals surface area contributed by atoms with Crippen molar-refractivity contribution in [3.8, 4) is 0 Å². The molecule has 2 rings (SSSR count). The molecule has 0 bridgehead atoms. The normalized spacial score (nSPS) is 20.5. The molecule has 0 saturated carbocycles. The summed E-state index contributed by atoms with van der Waals surface area (Å²) in [5.41, 5.74) is 1.21. The van der Waals surface area contributed by atoms with Crippen LogP contribution in [0.25, 0.3) is 0 Å². The molecule has 1 aromatic rings. The number of aryl methyl sites for hydroxylation is 1. The first-order valence-corrected chi connectivity index (χ1v) is 11.2. The van der Waals surface area contributed by atoms with Gasteiger partial charge in [-0.1, -0.05) is 37.3 Å². The first-order chi connectivity index (χ1) is 12.3. The summed E-state index contributed by atoms with van der Waals surface area (Å²) in [5, 5.41) is 9.19. The number of nitrogens with zero attached hydrogens (tertiary/aromatic N) is 1. The number of amides is 1. The lowest BCUT2D eigenvalue weighted by atomic mass is 10.1. The van der Waals surface area contributed by atoms with Crippen molar-refractivity contribution >= 4 is 19.2 Å². The summed E-state index contributed by atoms with van der Waals surface area (Å²) >= 11 is 0. The average Bonchev–Trinajstić information content (AvgIpc) is 3.08. The molecule has 1 amide bonds. The fourth-order valence-corrected chi connectivity index (χ4v) is 5.41. The molecular weight excluding hydrogens is 353 g/mol. The standard InChI is InChI=1S/C19H28NO5P/c1-15(18(21)20-12-7-11-17(20)19(22)23)14-26(24,25)13-6-5-10-16-8-3-2-4-9-16/h2-4,8-9,15,17H,5-7,10-14H2,1H3,(H,22,23)(H,24,25)/t15?,17-/m0/s1. The van der Waals surface area contributed by atoms with E-state index in [0.717, 1.165) is 12.8 Å². The van der Waals surface area contributed by atoms with Crippen molar-refractivity contribution in [2.75, 3.05) is 18.9 Å². The number of aliphatic carboxylic acids is 1. The molecule has 1 fully saturated rings. The molecule has 3 atom stereocenters. The molecule has 1 aliphatic rings. The zero-order valence-electron chi connectivity index (χ0n) is 15.2. The van der Waals surface area contributed by atoms with Crippen LogP contribution in [0.4, 0.5) is 0 Å². The first-order valence-electron chi connectivity index (χ1n) is 9.18. The highest BCUT2D eigenvalue weighted by atomic mass is 31.2. The smallest absolute Gasteiger partial charge is 0.326 e. The number of hydrogen-bond acceptors (Lipinski definition) is 3. The second-order valence-corrected chi connectivity index (χ2v) is 9.63. The van der Waals surface area contributed by atoms with Crippen LogP contribution in [0, 0.1) is 5.92 Å². The van der Waals surface area contributed by atoms with E-state index in [4.69, 9.17) is 0 Å². The summed E-state index contributed by atoms with van der Waals surface area (Å²) in [6, 6.07) is 9.18. The van der Waals surface area contributed by atoms with E-state index in [1.807, 2.05) is 30.3 Å². The molecule has 6 nitrogen and oxygen atoms in total. The Bertz CT molecular complexity index is 663. The van der Waals surface area contributed by atoms with Gasteiger partial charge in [0.05, 0.1) is 0 Å². The minimum Gasteiger partial charge on any atom is -0.480 e. The lowest BCUT2D eigenvalue weighted by molar-refractivity contribution is -0.149. The van der Waals surface area contributed by atoms with Gasteiger partial charge in [-0.2, -0.15) is 0 Å². The van der Waals surface area contributed by atoms with E-state index in [2.05, 4.69) is 0 Å². The van der Waals surface area contributed by atoms with E-state index < -0.39 is 25.3 Å². The summed E-state index contributed by atoms with van der Waals surface area (Å²) < 4.78 is 12.4. The van der Waals surface area contributed by atoms with E-state index in [-0.39, 0.29) is 18.2 Å². The zero-order valence-corrected chi connectivity index (χ0v) is 16.1. The van der Waals surface area contributed by atoms with Crippen molar-refractivity contribution in [2.45, 2.75) is 45.1 Å². The quantitative estimate of drug-likeness (QED) is 0.506. The van der Waals surface area contributed by atoms with Crippen molar-refractivity contribution in [3.05, 3.63) is 35.9 Å². The second kappa shape index (κ2) is 9.33. The van der Waals surface area contributed by atoms with Gasteiger partial charge in [-0.05, 0) is 37.7 Å². The van der Waals surface area contributed by atoms with E-state index in [0.29, 0.717) is 25.8 Å². The molecule has 0 spiro atoms. The molecular formula is C19H28NO5P. The van der Waals surface area contributed by atoms with Crippen LogP contribution in [0.3, 0.4) is 0 Å². The molecule has 0 aromatic heterocycles. The van der Waals surface area contributed by atoms with Crippen LogP contribution >= 0.6 is 7.37 Å².